The Hall–Kier alpha value is -4.69. The first-order valence-electron chi connectivity index (χ1n) is 22.9. The van der Waals surface area contributed by atoms with Crippen LogP contribution in [-0.4, -0.2) is 103 Å². The molecule has 8 rings (SSSR count). The Labute approximate surface area is 423 Å². The van der Waals surface area contributed by atoms with E-state index in [1.807, 2.05) is 91.3 Å². The average Bonchev–Trinajstić information content (AvgIpc) is 3.62. The highest BCUT2D eigenvalue weighted by Gasteiger charge is 2.48. The van der Waals surface area contributed by atoms with Gasteiger partial charge in [-0.1, -0.05) is 41.9 Å². The molecule has 2 saturated heterocycles. The van der Waals surface area contributed by atoms with Crippen molar-refractivity contribution >= 4 is 78.7 Å². The van der Waals surface area contributed by atoms with Crippen molar-refractivity contribution in [3.63, 3.8) is 0 Å². The summed E-state index contributed by atoms with van der Waals surface area (Å²) in [5, 5.41) is 13.7. The number of aliphatic hydroxyl groups excluding tert-OH is 1. The topological polar surface area (TPSA) is 110 Å². The molecule has 3 heterocycles. The van der Waals surface area contributed by atoms with Crippen molar-refractivity contribution in [1.82, 2.24) is 9.47 Å². The first-order chi connectivity index (χ1) is 33.4. The molecule has 0 amide bonds. The number of halogens is 5. The molecule has 1 unspecified atom stereocenters. The lowest BCUT2D eigenvalue weighted by Gasteiger charge is -2.37. The number of aromatic nitrogens is 1. The number of likely N-dealkylation sites (tertiary alicyclic amines) is 1. The fraction of sp³-hybridized carbons (Fsp3) is 0.333. The lowest BCUT2D eigenvalue weighted by Crippen LogP contribution is -2.46. The van der Waals surface area contributed by atoms with E-state index >= 15 is 4.39 Å². The standard InChI is InChI=1S/C51H55ClF4N6O4S4/c1-34-50(69(3)64)48(49(59(34)2)35-9-11-37(52)12-10-35)36-29-38(53)31-42(30-36)62-27-25-61(26-28-62)41-15-13-39(14-16-41)58-68-45-17-18-46(47(32-45)70(65,66)51(54,55)56)57-40(33-67-44-7-5-4-6-8-44)19-22-60-23-20-43(63)21-24-60/h4-18,29-32,40,43,57-58,63H,19-28,33H2,1-3H3/t40-,69?/m1/s1. The third-order valence-electron chi connectivity index (χ3n) is 12.8. The number of hydrogen-bond acceptors (Lipinski definition) is 11. The molecule has 2 fully saturated rings. The molecule has 70 heavy (non-hydrogen) atoms. The van der Waals surface area contributed by atoms with Crippen molar-refractivity contribution in [2.75, 3.05) is 77.7 Å². The van der Waals surface area contributed by atoms with Crippen molar-refractivity contribution in [3.05, 3.63) is 132 Å². The molecule has 2 aliphatic heterocycles. The van der Waals surface area contributed by atoms with Crippen LogP contribution in [0.5, 0.6) is 0 Å². The fourth-order valence-electron chi connectivity index (χ4n) is 8.97. The zero-order valence-corrected chi connectivity index (χ0v) is 42.9. The number of aliphatic hydroxyl groups is 1. The van der Waals surface area contributed by atoms with Gasteiger partial charge in [0.15, 0.2) is 0 Å². The smallest absolute Gasteiger partial charge is 0.393 e. The molecule has 1 aromatic heterocycles. The Balaban J connectivity index is 0.935. The van der Waals surface area contributed by atoms with Gasteiger partial charge < -0.3 is 34.4 Å². The number of anilines is 4. The summed E-state index contributed by atoms with van der Waals surface area (Å²) in [5.41, 5.74) is 0.560. The van der Waals surface area contributed by atoms with E-state index in [1.54, 1.807) is 24.5 Å². The van der Waals surface area contributed by atoms with E-state index in [2.05, 4.69) is 24.7 Å². The molecule has 0 radical (unpaired) electrons. The summed E-state index contributed by atoms with van der Waals surface area (Å²) in [6.45, 7) is 6.46. The Morgan fingerprint density at radius 2 is 1.49 bits per heavy atom. The molecule has 10 nitrogen and oxygen atoms in total. The lowest BCUT2D eigenvalue weighted by atomic mass is 10.00. The van der Waals surface area contributed by atoms with Crippen LogP contribution >= 0.6 is 35.3 Å². The van der Waals surface area contributed by atoms with Crippen LogP contribution < -0.4 is 19.8 Å². The number of piperazine rings is 1. The number of hydrogen-bond donors (Lipinski definition) is 3. The minimum absolute atomic E-state index is 0.116. The second-order valence-corrected chi connectivity index (χ2v) is 23.2. The molecule has 5 aromatic carbocycles. The Kier molecular flexibility index (Phi) is 16.5. The molecule has 19 heteroatoms. The normalized spacial score (nSPS) is 16.1. The second-order valence-electron chi connectivity index (χ2n) is 17.5. The highest BCUT2D eigenvalue weighted by molar-refractivity contribution is 8.00. The molecule has 0 aliphatic carbocycles. The predicted octanol–water partition coefficient (Wildman–Crippen LogP) is 11.4. The van der Waals surface area contributed by atoms with Crippen LogP contribution in [-0.2, 0) is 27.7 Å². The van der Waals surface area contributed by atoms with Gasteiger partial charge in [-0.3, -0.25) is 4.21 Å². The molecule has 0 spiro atoms. The Bertz CT molecular complexity index is 2900. The molecule has 2 atom stereocenters. The van der Waals surface area contributed by atoms with E-state index in [0.29, 0.717) is 92.0 Å². The largest absolute Gasteiger partial charge is 0.501 e. The second kappa shape index (κ2) is 22.4. The van der Waals surface area contributed by atoms with E-state index in [1.165, 1.54) is 30.0 Å². The van der Waals surface area contributed by atoms with Gasteiger partial charge in [-0.05, 0) is 134 Å². The molecular formula is C51H55ClF4N6O4S4. The molecule has 2 aliphatic rings. The molecule has 0 saturated carbocycles. The van der Waals surface area contributed by atoms with Gasteiger partial charge in [0.05, 0.1) is 33.2 Å². The number of benzene rings is 5. The summed E-state index contributed by atoms with van der Waals surface area (Å²) in [6, 6.07) is 33.3. The Morgan fingerprint density at radius 1 is 0.829 bits per heavy atom. The summed E-state index contributed by atoms with van der Waals surface area (Å²) in [4.78, 5) is 7.63. The minimum atomic E-state index is -5.73. The summed E-state index contributed by atoms with van der Waals surface area (Å²) in [7, 11) is -5.18. The van der Waals surface area contributed by atoms with E-state index in [0.717, 1.165) is 56.8 Å². The molecule has 0 bridgehead atoms. The van der Waals surface area contributed by atoms with Crippen molar-refractivity contribution in [2.45, 2.75) is 63.4 Å². The Morgan fingerprint density at radius 3 is 2.13 bits per heavy atom. The zero-order valence-electron chi connectivity index (χ0n) is 38.9. The van der Waals surface area contributed by atoms with E-state index in [4.69, 9.17) is 11.6 Å². The van der Waals surface area contributed by atoms with Crippen LogP contribution in [0.4, 0.5) is 40.3 Å². The first kappa shape index (κ1) is 51.7. The maximum atomic E-state index is 15.6. The molecule has 372 valence electrons. The number of alkyl halides is 3. The van der Waals surface area contributed by atoms with Crippen LogP contribution in [0.3, 0.4) is 0 Å². The van der Waals surface area contributed by atoms with Crippen molar-refractivity contribution in [1.29, 1.82) is 0 Å². The van der Waals surface area contributed by atoms with Gasteiger partial charge in [0.25, 0.3) is 9.84 Å². The minimum Gasteiger partial charge on any atom is -0.393 e. The summed E-state index contributed by atoms with van der Waals surface area (Å²) >= 11 is 8.76. The maximum absolute atomic E-state index is 15.6. The number of thioether (sulfide) groups is 1. The van der Waals surface area contributed by atoms with Crippen LogP contribution in [0, 0.1) is 12.7 Å². The summed E-state index contributed by atoms with van der Waals surface area (Å²) in [6.07, 6.45) is 3.14. The maximum Gasteiger partial charge on any atom is 0.501 e. The van der Waals surface area contributed by atoms with Gasteiger partial charge in [-0.25, -0.2) is 12.8 Å². The van der Waals surface area contributed by atoms with E-state index in [9.17, 15) is 30.9 Å². The zero-order chi connectivity index (χ0) is 49.7. The number of rotatable bonds is 17. The van der Waals surface area contributed by atoms with Crippen molar-refractivity contribution in [2.24, 2.45) is 7.05 Å². The molecular weight excluding hydrogens is 1000 g/mol. The highest BCUT2D eigenvalue weighted by Crippen LogP contribution is 2.43. The number of nitrogens with zero attached hydrogens (tertiary/aromatic N) is 4. The third-order valence-corrected chi connectivity index (χ3v) is 17.7. The van der Waals surface area contributed by atoms with Gasteiger partial charge in [-0.15, -0.1) is 11.8 Å². The van der Waals surface area contributed by atoms with Gasteiger partial charge in [-0.2, -0.15) is 13.2 Å². The predicted molar refractivity (Wildman–Crippen MR) is 279 cm³/mol. The van der Waals surface area contributed by atoms with Gasteiger partial charge in [0, 0.05) is 114 Å². The number of sulfone groups is 1. The molecule has 3 N–H and O–H groups in total. The quantitative estimate of drug-likeness (QED) is 0.0461. The highest BCUT2D eigenvalue weighted by atomic mass is 35.5. The van der Waals surface area contributed by atoms with Crippen LogP contribution in [0.2, 0.25) is 5.02 Å². The average molecular weight is 1060 g/mol. The van der Waals surface area contributed by atoms with Crippen molar-refractivity contribution < 1.29 is 35.3 Å². The third kappa shape index (κ3) is 12.1. The molecule has 6 aromatic rings. The van der Waals surface area contributed by atoms with E-state index in [-0.39, 0.29) is 22.7 Å². The number of piperidine rings is 1. The SMILES string of the molecule is Cc1c(S(C)=O)c(-c2cc(F)cc(N3CCN(c4ccc(NSc5ccc(N[C@H](CCN6CCC(O)CC6)CSc6ccccc6)c(S(=O)(=O)C(F)(F)F)c5)cc4)CC3)c2)c(-c2ccc(Cl)cc2)n1C. The van der Waals surface area contributed by atoms with Crippen LogP contribution in [0.1, 0.15) is 25.0 Å². The first-order valence-corrected chi connectivity index (χ1v) is 28.1. The van der Waals surface area contributed by atoms with Crippen molar-refractivity contribution in [3.8, 4) is 22.4 Å². The van der Waals surface area contributed by atoms with Gasteiger partial charge in [0.2, 0.25) is 0 Å². The summed E-state index contributed by atoms with van der Waals surface area (Å²) < 4.78 is 103. The monoisotopic (exact) mass is 1050 g/mol. The van der Waals surface area contributed by atoms with E-state index < -0.39 is 36.9 Å². The fourth-order valence-corrected chi connectivity index (χ4v) is 12.8. The van der Waals surface area contributed by atoms with Gasteiger partial charge in [0.1, 0.15) is 10.7 Å². The number of nitrogens with one attached hydrogen (secondary N) is 2. The van der Waals surface area contributed by atoms with Crippen LogP contribution in [0.15, 0.2) is 135 Å². The summed E-state index contributed by atoms with van der Waals surface area (Å²) in [5.74, 6) is 0.0815. The van der Waals surface area contributed by atoms with Gasteiger partial charge >= 0.3 is 5.51 Å². The van der Waals surface area contributed by atoms with Crippen LogP contribution in [0.25, 0.3) is 22.4 Å². The lowest BCUT2D eigenvalue weighted by molar-refractivity contribution is -0.0435.